The Morgan fingerprint density at radius 2 is 1.28 bits per heavy atom. The van der Waals surface area contributed by atoms with Crippen molar-refractivity contribution in [3.63, 3.8) is 0 Å². The monoisotopic (exact) mass is 394 g/mol. The van der Waals surface area contributed by atoms with Crippen LogP contribution in [0.15, 0.2) is 40.6 Å². The van der Waals surface area contributed by atoms with Crippen molar-refractivity contribution >= 4 is 11.4 Å². The van der Waals surface area contributed by atoms with Crippen LogP contribution in [0.4, 0.5) is 11.4 Å². The number of azo groups is 1. The van der Waals surface area contributed by atoms with Gasteiger partial charge in [-0.1, -0.05) is 93.5 Å². The molecule has 0 aliphatic rings. The van der Waals surface area contributed by atoms with Crippen molar-refractivity contribution in [3.05, 3.63) is 52.6 Å². The average Bonchev–Trinajstić information content (AvgIpc) is 2.58. The molecule has 0 spiro atoms. The minimum absolute atomic E-state index is 0.0447. The second-order valence-electron chi connectivity index (χ2n) is 10.7. The number of phenols is 1. The van der Waals surface area contributed by atoms with E-state index in [1.807, 2.05) is 6.07 Å². The summed E-state index contributed by atoms with van der Waals surface area (Å²) < 4.78 is 0. The Balaban J connectivity index is 2.71. The van der Waals surface area contributed by atoms with Crippen LogP contribution >= 0.6 is 0 Å². The van der Waals surface area contributed by atoms with Crippen molar-refractivity contribution in [3.8, 4) is 5.75 Å². The van der Waals surface area contributed by atoms with E-state index >= 15 is 0 Å². The lowest BCUT2D eigenvalue weighted by Gasteiger charge is -2.26. The number of aromatic hydroxyl groups is 1. The maximum Gasteiger partial charge on any atom is 0.146 e. The maximum atomic E-state index is 11.0. The van der Waals surface area contributed by atoms with Gasteiger partial charge in [0.1, 0.15) is 11.4 Å². The van der Waals surface area contributed by atoms with E-state index < -0.39 is 0 Å². The molecule has 0 amide bonds. The van der Waals surface area contributed by atoms with Gasteiger partial charge < -0.3 is 5.11 Å². The fourth-order valence-electron chi connectivity index (χ4n) is 3.43. The van der Waals surface area contributed by atoms with Crippen molar-refractivity contribution in [2.45, 2.75) is 91.9 Å². The highest BCUT2D eigenvalue weighted by Gasteiger charge is 2.25. The number of rotatable bonds is 4. The molecule has 0 aliphatic heterocycles. The van der Waals surface area contributed by atoms with Gasteiger partial charge in [0.05, 0.1) is 5.69 Å². The van der Waals surface area contributed by atoms with Gasteiger partial charge >= 0.3 is 0 Å². The molecule has 3 heteroatoms. The van der Waals surface area contributed by atoms with E-state index in [2.05, 4.69) is 98.6 Å². The van der Waals surface area contributed by atoms with Gasteiger partial charge in [0.25, 0.3) is 0 Å². The van der Waals surface area contributed by atoms with Gasteiger partial charge in [-0.05, 0) is 45.4 Å². The highest BCUT2D eigenvalue weighted by atomic mass is 16.3. The molecular weight excluding hydrogens is 356 g/mol. The fourth-order valence-corrected chi connectivity index (χ4v) is 3.43. The summed E-state index contributed by atoms with van der Waals surface area (Å²) in [5.41, 5.74) is 5.65. The standard InChI is InChI=1S/C26H38N2O/c1-16(2)19-12-11-13-20(17(3)4)23(19)28-27-22-15-18(25(5,6)7)14-21(24(22)29)26(8,9)10/h11-17,29H,1-10H3. The molecule has 0 bridgehead atoms. The van der Waals surface area contributed by atoms with E-state index in [1.165, 1.54) is 11.1 Å². The molecule has 158 valence electrons. The van der Waals surface area contributed by atoms with Crippen LogP contribution in [-0.4, -0.2) is 5.11 Å². The zero-order chi connectivity index (χ0) is 22.1. The van der Waals surface area contributed by atoms with Crippen LogP contribution in [0.3, 0.4) is 0 Å². The van der Waals surface area contributed by atoms with Gasteiger partial charge in [-0.15, -0.1) is 10.2 Å². The molecule has 0 unspecified atom stereocenters. The summed E-state index contributed by atoms with van der Waals surface area (Å²) in [5, 5.41) is 20.3. The molecule has 2 rings (SSSR count). The van der Waals surface area contributed by atoms with Gasteiger partial charge in [-0.3, -0.25) is 0 Å². The van der Waals surface area contributed by atoms with Crippen LogP contribution in [0.5, 0.6) is 5.75 Å². The number of benzene rings is 2. The zero-order valence-electron chi connectivity index (χ0n) is 19.9. The molecule has 2 aromatic carbocycles. The third kappa shape index (κ3) is 5.26. The van der Waals surface area contributed by atoms with Crippen molar-refractivity contribution in [2.75, 3.05) is 0 Å². The van der Waals surface area contributed by atoms with Crippen molar-refractivity contribution in [2.24, 2.45) is 10.2 Å². The molecule has 0 radical (unpaired) electrons. The van der Waals surface area contributed by atoms with Crippen LogP contribution in [0, 0.1) is 0 Å². The van der Waals surface area contributed by atoms with Crippen LogP contribution in [0.25, 0.3) is 0 Å². The van der Waals surface area contributed by atoms with Gasteiger partial charge in [-0.25, -0.2) is 0 Å². The third-order valence-electron chi connectivity index (χ3n) is 5.36. The molecule has 1 N–H and O–H groups in total. The van der Waals surface area contributed by atoms with E-state index in [4.69, 9.17) is 5.11 Å². The maximum absolute atomic E-state index is 11.0. The molecular formula is C26H38N2O. The first-order valence-corrected chi connectivity index (χ1v) is 10.7. The lowest BCUT2D eigenvalue weighted by Crippen LogP contribution is -2.16. The third-order valence-corrected chi connectivity index (χ3v) is 5.36. The second-order valence-corrected chi connectivity index (χ2v) is 10.7. The lowest BCUT2D eigenvalue weighted by atomic mass is 9.80. The minimum atomic E-state index is -0.186. The Labute approximate surface area is 177 Å². The molecule has 0 aliphatic carbocycles. The smallest absolute Gasteiger partial charge is 0.146 e. The van der Waals surface area contributed by atoms with Crippen molar-refractivity contribution in [1.82, 2.24) is 0 Å². The molecule has 0 fully saturated rings. The van der Waals surface area contributed by atoms with Crippen LogP contribution in [0.2, 0.25) is 0 Å². The summed E-state index contributed by atoms with van der Waals surface area (Å²) in [6, 6.07) is 10.4. The van der Waals surface area contributed by atoms with Gasteiger partial charge in [0.2, 0.25) is 0 Å². The summed E-state index contributed by atoms with van der Waals surface area (Å²) in [4.78, 5) is 0. The molecule has 0 atom stereocenters. The molecule has 0 heterocycles. The Bertz CT molecular complexity index is 868. The largest absolute Gasteiger partial charge is 0.505 e. The highest BCUT2D eigenvalue weighted by Crippen LogP contribution is 2.43. The van der Waals surface area contributed by atoms with Crippen molar-refractivity contribution < 1.29 is 5.11 Å². The summed E-state index contributed by atoms with van der Waals surface area (Å²) in [5.74, 6) is 0.923. The number of phenolic OH excluding ortho intramolecular Hbond substituents is 1. The van der Waals surface area contributed by atoms with Crippen LogP contribution in [0.1, 0.15) is 103 Å². The predicted molar refractivity (Wildman–Crippen MR) is 124 cm³/mol. The van der Waals surface area contributed by atoms with Gasteiger partial charge in [0.15, 0.2) is 0 Å². The minimum Gasteiger partial charge on any atom is -0.505 e. The second kappa shape index (κ2) is 8.30. The lowest BCUT2D eigenvalue weighted by molar-refractivity contribution is 0.446. The molecule has 3 nitrogen and oxygen atoms in total. The molecule has 29 heavy (non-hydrogen) atoms. The first-order chi connectivity index (χ1) is 13.2. The predicted octanol–water partition coefficient (Wildman–Crippen LogP) is 8.65. The van der Waals surface area contributed by atoms with Gasteiger partial charge in [-0.2, -0.15) is 0 Å². The molecule has 0 aromatic heterocycles. The van der Waals surface area contributed by atoms with Crippen molar-refractivity contribution in [1.29, 1.82) is 0 Å². The quantitative estimate of drug-likeness (QED) is 0.518. The first kappa shape index (κ1) is 23.1. The summed E-state index contributed by atoms with van der Waals surface area (Å²) >= 11 is 0. The normalized spacial score (nSPS) is 13.1. The van der Waals surface area contributed by atoms with Gasteiger partial charge in [0, 0.05) is 5.56 Å². The number of hydrogen-bond acceptors (Lipinski definition) is 3. The topological polar surface area (TPSA) is 45.0 Å². The van der Waals surface area contributed by atoms with E-state index in [9.17, 15) is 5.11 Å². The van der Waals surface area contributed by atoms with E-state index in [0.29, 0.717) is 17.5 Å². The summed E-state index contributed by atoms with van der Waals surface area (Å²) in [7, 11) is 0. The SMILES string of the molecule is CC(C)c1cccc(C(C)C)c1N=Nc1cc(C(C)(C)C)cc(C(C)(C)C)c1O. The first-order valence-electron chi connectivity index (χ1n) is 10.7. The zero-order valence-corrected chi connectivity index (χ0v) is 19.9. The molecule has 0 saturated heterocycles. The Morgan fingerprint density at radius 3 is 1.69 bits per heavy atom. The van der Waals surface area contributed by atoms with E-state index in [1.54, 1.807) is 0 Å². The fraction of sp³-hybridized carbons (Fsp3) is 0.538. The summed E-state index contributed by atoms with van der Waals surface area (Å²) in [6.07, 6.45) is 0. The van der Waals surface area contributed by atoms with Crippen LogP contribution < -0.4 is 0 Å². The Morgan fingerprint density at radius 1 is 0.759 bits per heavy atom. The van der Waals surface area contributed by atoms with E-state index in [0.717, 1.165) is 16.8 Å². The average molecular weight is 395 g/mol. The summed E-state index contributed by atoms with van der Waals surface area (Å²) in [6.45, 7) is 21.6. The molecule has 0 saturated carbocycles. The number of hydrogen-bond donors (Lipinski definition) is 1. The van der Waals surface area contributed by atoms with E-state index in [-0.39, 0.29) is 16.6 Å². The Hall–Kier alpha value is -2.16. The number of nitrogens with zero attached hydrogens (tertiary/aromatic N) is 2. The molecule has 2 aromatic rings. The Kier molecular flexibility index (Phi) is 6.61. The van der Waals surface area contributed by atoms with Crippen LogP contribution in [-0.2, 0) is 10.8 Å². The highest BCUT2D eigenvalue weighted by molar-refractivity contribution is 5.61.